The van der Waals surface area contributed by atoms with Crippen LogP contribution < -0.4 is 15.5 Å². The Labute approximate surface area is 188 Å². The molecule has 2 aromatic rings. The summed E-state index contributed by atoms with van der Waals surface area (Å²) in [7, 11) is 0. The van der Waals surface area contributed by atoms with Gasteiger partial charge in [-0.2, -0.15) is 0 Å². The van der Waals surface area contributed by atoms with Gasteiger partial charge in [-0.05, 0) is 36.2 Å². The summed E-state index contributed by atoms with van der Waals surface area (Å²) in [5.41, 5.74) is 1.40. The number of benzene rings is 1. The van der Waals surface area contributed by atoms with Crippen molar-refractivity contribution in [3.05, 3.63) is 58.7 Å². The number of anilines is 1. The Hall–Kier alpha value is -2.64. The number of morpholine rings is 1. The number of rotatable bonds is 8. The number of nitrogens with zero attached hydrogens (tertiary/aromatic N) is 2. The van der Waals surface area contributed by atoms with Crippen molar-refractivity contribution in [2.24, 2.45) is 5.92 Å². The predicted molar refractivity (Wildman–Crippen MR) is 121 cm³/mol. The average Bonchev–Trinajstić information content (AvgIpc) is 2.81. The Morgan fingerprint density at radius 1 is 1.19 bits per heavy atom. The van der Waals surface area contributed by atoms with Crippen molar-refractivity contribution in [3.63, 3.8) is 0 Å². The molecule has 2 atom stereocenters. The van der Waals surface area contributed by atoms with E-state index in [2.05, 4.69) is 20.5 Å². The lowest BCUT2D eigenvalue weighted by molar-refractivity contribution is -0.124. The third-order valence-electron chi connectivity index (χ3n) is 5.52. The van der Waals surface area contributed by atoms with Crippen molar-refractivity contribution >= 4 is 29.2 Å². The number of hydrogen-bond donors (Lipinski definition) is 2. The summed E-state index contributed by atoms with van der Waals surface area (Å²) in [4.78, 5) is 32.4. The minimum absolute atomic E-state index is 0.0242. The molecule has 8 heteroatoms. The Morgan fingerprint density at radius 2 is 1.90 bits per heavy atom. The smallest absolute Gasteiger partial charge is 0.251 e. The second-order valence-electron chi connectivity index (χ2n) is 7.65. The number of aromatic nitrogens is 1. The molecule has 1 aliphatic heterocycles. The summed E-state index contributed by atoms with van der Waals surface area (Å²) in [6.45, 7) is 7.15. The van der Waals surface area contributed by atoms with E-state index >= 15 is 0 Å². The van der Waals surface area contributed by atoms with Gasteiger partial charge in [0.05, 0.1) is 13.2 Å². The summed E-state index contributed by atoms with van der Waals surface area (Å²) in [5.74, 6) is 0.321. The molecule has 2 N–H and O–H groups in total. The van der Waals surface area contributed by atoms with Crippen LogP contribution in [0.3, 0.4) is 0 Å². The Bertz CT molecular complexity index is 885. The fourth-order valence-electron chi connectivity index (χ4n) is 3.45. The van der Waals surface area contributed by atoms with Gasteiger partial charge in [0, 0.05) is 42.0 Å². The van der Waals surface area contributed by atoms with E-state index in [1.54, 1.807) is 30.5 Å². The zero-order valence-electron chi connectivity index (χ0n) is 17.9. The maximum absolute atomic E-state index is 13.0. The molecule has 0 radical (unpaired) electrons. The van der Waals surface area contributed by atoms with Gasteiger partial charge in [-0.25, -0.2) is 4.98 Å². The first-order valence-electron chi connectivity index (χ1n) is 10.6. The standard InChI is InChI=1S/C23H29ClN4O3/c1-3-16(2)20(27-22(29)17-6-8-19(24)9-7-17)23(30)26-15-18-5-4-10-25-21(18)28-11-13-31-14-12-28/h4-10,16,20H,3,11-15H2,1-2H3,(H,26,30)(H,27,29). The molecule has 3 rings (SSSR count). The number of pyridine rings is 1. The number of carbonyl (C=O) groups excluding carboxylic acids is 2. The molecule has 7 nitrogen and oxygen atoms in total. The average molecular weight is 445 g/mol. The van der Waals surface area contributed by atoms with Gasteiger partial charge in [-0.3, -0.25) is 9.59 Å². The Morgan fingerprint density at radius 3 is 2.58 bits per heavy atom. The number of hydrogen-bond acceptors (Lipinski definition) is 5. The highest BCUT2D eigenvalue weighted by Gasteiger charge is 2.26. The molecule has 1 aliphatic rings. The number of ether oxygens (including phenoxy) is 1. The minimum atomic E-state index is -0.642. The van der Waals surface area contributed by atoms with Crippen molar-refractivity contribution in [1.29, 1.82) is 0 Å². The normalized spacial score (nSPS) is 15.8. The van der Waals surface area contributed by atoms with Gasteiger partial charge in [0.1, 0.15) is 11.9 Å². The van der Waals surface area contributed by atoms with Crippen LogP contribution in [-0.2, 0) is 16.1 Å². The van der Waals surface area contributed by atoms with Gasteiger partial charge >= 0.3 is 0 Å². The lowest BCUT2D eigenvalue weighted by Gasteiger charge is -2.29. The molecule has 31 heavy (non-hydrogen) atoms. The second kappa shape index (κ2) is 11.1. The van der Waals surface area contributed by atoms with Gasteiger partial charge in [0.2, 0.25) is 5.91 Å². The zero-order chi connectivity index (χ0) is 22.2. The number of carbonyl (C=O) groups is 2. The van der Waals surface area contributed by atoms with E-state index in [-0.39, 0.29) is 17.7 Å². The highest BCUT2D eigenvalue weighted by atomic mass is 35.5. The molecule has 2 heterocycles. The molecule has 0 aliphatic carbocycles. The molecule has 0 bridgehead atoms. The second-order valence-corrected chi connectivity index (χ2v) is 8.08. The summed E-state index contributed by atoms with van der Waals surface area (Å²) in [5, 5.41) is 6.42. The number of amides is 2. The Kier molecular flexibility index (Phi) is 8.26. The number of nitrogens with one attached hydrogen (secondary N) is 2. The van der Waals surface area contributed by atoms with E-state index in [4.69, 9.17) is 16.3 Å². The molecule has 2 amide bonds. The van der Waals surface area contributed by atoms with Crippen LogP contribution in [0, 0.1) is 5.92 Å². The maximum Gasteiger partial charge on any atom is 0.251 e. The third-order valence-corrected chi connectivity index (χ3v) is 5.77. The summed E-state index contributed by atoms with van der Waals surface area (Å²) in [6.07, 6.45) is 2.51. The summed E-state index contributed by atoms with van der Waals surface area (Å²) >= 11 is 5.90. The molecule has 0 spiro atoms. The van der Waals surface area contributed by atoms with Crippen LogP contribution in [-0.4, -0.2) is 49.1 Å². The topological polar surface area (TPSA) is 83.6 Å². The molecule has 166 valence electrons. The molecular formula is C23H29ClN4O3. The van der Waals surface area contributed by atoms with Crippen molar-refractivity contribution in [1.82, 2.24) is 15.6 Å². The van der Waals surface area contributed by atoms with E-state index in [0.717, 1.165) is 30.9 Å². The lowest BCUT2D eigenvalue weighted by Crippen LogP contribution is -2.50. The number of halogens is 1. The van der Waals surface area contributed by atoms with Crippen LogP contribution in [0.2, 0.25) is 5.02 Å². The molecule has 1 aromatic carbocycles. The predicted octanol–water partition coefficient (Wildman–Crippen LogP) is 3.03. The zero-order valence-corrected chi connectivity index (χ0v) is 18.7. The van der Waals surface area contributed by atoms with Gasteiger partial charge < -0.3 is 20.3 Å². The van der Waals surface area contributed by atoms with Gasteiger partial charge in [0.15, 0.2) is 0 Å². The first-order chi connectivity index (χ1) is 15.0. The van der Waals surface area contributed by atoms with Gasteiger partial charge in [-0.1, -0.05) is 37.9 Å². The summed E-state index contributed by atoms with van der Waals surface area (Å²) in [6, 6.07) is 9.79. The largest absolute Gasteiger partial charge is 0.378 e. The first-order valence-corrected chi connectivity index (χ1v) is 11.0. The van der Waals surface area contributed by atoms with Crippen molar-refractivity contribution < 1.29 is 14.3 Å². The van der Waals surface area contributed by atoms with Crippen molar-refractivity contribution in [2.45, 2.75) is 32.9 Å². The third kappa shape index (κ3) is 6.18. The first kappa shape index (κ1) is 23.0. The monoisotopic (exact) mass is 444 g/mol. The highest BCUT2D eigenvalue weighted by Crippen LogP contribution is 2.19. The molecule has 1 saturated heterocycles. The fourth-order valence-corrected chi connectivity index (χ4v) is 3.57. The van der Waals surface area contributed by atoms with E-state index < -0.39 is 6.04 Å². The van der Waals surface area contributed by atoms with Crippen LogP contribution in [0.1, 0.15) is 36.2 Å². The van der Waals surface area contributed by atoms with Crippen molar-refractivity contribution in [3.8, 4) is 0 Å². The summed E-state index contributed by atoms with van der Waals surface area (Å²) < 4.78 is 5.42. The van der Waals surface area contributed by atoms with Gasteiger partial charge in [0.25, 0.3) is 5.91 Å². The molecule has 2 unspecified atom stereocenters. The lowest BCUT2D eigenvalue weighted by atomic mass is 9.97. The molecular weight excluding hydrogens is 416 g/mol. The van der Waals surface area contributed by atoms with Crippen LogP contribution in [0.5, 0.6) is 0 Å². The van der Waals surface area contributed by atoms with Crippen LogP contribution >= 0.6 is 11.6 Å². The molecule has 1 fully saturated rings. The van der Waals surface area contributed by atoms with E-state index in [1.165, 1.54) is 0 Å². The van der Waals surface area contributed by atoms with E-state index in [1.807, 2.05) is 26.0 Å². The SMILES string of the molecule is CCC(C)C(NC(=O)c1ccc(Cl)cc1)C(=O)NCc1cccnc1N1CCOCC1. The van der Waals surface area contributed by atoms with E-state index in [0.29, 0.717) is 30.3 Å². The van der Waals surface area contributed by atoms with Crippen LogP contribution in [0.4, 0.5) is 5.82 Å². The maximum atomic E-state index is 13.0. The highest BCUT2D eigenvalue weighted by molar-refractivity contribution is 6.30. The quantitative estimate of drug-likeness (QED) is 0.653. The van der Waals surface area contributed by atoms with E-state index in [9.17, 15) is 9.59 Å². The van der Waals surface area contributed by atoms with Gasteiger partial charge in [-0.15, -0.1) is 0 Å². The molecule has 1 aromatic heterocycles. The van der Waals surface area contributed by atoms with Crippen molar-refractivity contribution in [2.75, 3.05) is 31.2 Å². The van der Waals surface area contributed by atoms with Crippen LogP contribution in [0.15, 0.2) is 42.6 Å². The Balaban J connectivity index is 1.67. The van der Waals surface area contributed by atoms with Crippen LogP contribution in [0.25, 0.3) is 0 Å². The fraction of sp³-hybridized carbons (Fsp3) is 0.435. The minimum Gasteiger partial charge on any atom is -0.378 e. The molecule has 0 saturated carbocycles.